The van der Waals surface area contributed by atoms with Crippen LogP contribution in [0, 0.1) is 23.2 Å². The molecule has 3 atom stereocenters. The van der Waals surface area contributed by atoms with Gasteiger partial charge in [-0.15, -0.1) is 0 Å². The molecule has 1 nitrogen and oxygen atoms in total. The van der Waals surface area contributed by atoms with E-state index in [1.54, 1.807) is 0 Å². The first-order valence-electron chi connectivity index (χ1n) is 7.10. The van der Waals surface area contributed by atoms with Crippen LogP contribution in [-0.4, -0.2) is 13.6 Å². The van der Waals surface area contributed by atoms with Crippen LogP contribution in [0.4, 0.5) is 0 Å². The molecule has 0 heterocycles. The summed E-state index contributed by atoms with van der Waals surface area (Å²) < 4.78 is 0. The zero-order valence-corrected chi connectivity index (χ0v) is 12.0. The third kappa shape index (κ3) is 4.08. The maximum absolute atomic E-state index is 3.28. The van der Waals surface area contributed by atoms with E-state index in [1.807, 2.05) is 0 Å². The van der Waals surface area contributed by atoms with E-state index in [9.17, 15) is 0 Å². The van der Waals surface area contributed by atoms with Crippen molar-refractivity contribution in [1.82, 2.24) is 5.32 Å². The topological polar surface area (TPSA) is 12.0 Å². The van der Waals surface area contributed by atoms with Crippen molar-refractivity contribution in [1.29, 1.82) is 0 Å². The predicted molar refractivity (Wildman–Crippen MR) is 72.6 cm³/mol. The molecular weight excluding hydrogens is 194 g/mol. The van der Waals surface area contributed by atoms with Gasteiger partial charge in [-0.1, -0.05) is 34.1 Å². The molecule has 0 spiro atoms. The van der Waals surface area contributed by atoms with E-state index in [0.29, 0.717) is 5.41 Å². The summed E-state index contributed by atoms with van der Waals surface area (Å²) in [6.45, 7) is 10.9. The average molecular weight is 225 g/mol. The first-order valence-corrected chi connectivity index (χ1v) is 7.10. The lowest BCUT2D eigenvalue weighted by atomic mass is 9.64. The Kier molecular flexibility index (Phi) is 5.30. The van der Waals surface area contributed by atoms with Gasteiger partial charge < -0.3 is 5.32 Å². The summed E-state index contributed by atoms with van der Waals surface area (Å²) in [7, 11) is 2.06. The Morgan fingerprint density at radius 2 is 2.06 bits per heavy atom. The molecule has 0 amide bonds. The molecule has 1 saturated carbocycles. The third-order valence-corrected chi connectivity index (χ3v) is 4.63. The molecular formula is C15H31N. The lowest BCUT2D eigenvalue weighted by Crippen LogP contribution is -2.31. The van der Waals surface area contributed by atoms with E-state index in [-0.39, 0.29) is 0 Å². The summed E-state index contributed by atoms with van der Waals surface area (Å²) in [4.78, 5) is 0. The van der Waals surface area contributed by atoms with E-state index < -0.39 is 0 Å². The number of hydrogen-bond donors (Lipinski definition) is 1. The minimum absolute atomic E-state index is 0.589. The maximum atomic E-state index is 3.28. The minimum atomic E-state index is 0.589. The summed E-state index contributed by atoms with van der Waals surface area (Å²) in [6, 6.07) is 0. The van der Waals surface area contributed by atoms with Gasteiger partial charge in [0.25, 0.3) is 0 Å². The Morgan fingerprint density at radius 3 is 2.69 bits per heavy atom. The molecule has 1 N–H and O–H groups in total. The quantitative estimate of drug-likeness (QED) is 0.743. The van der Waals surface area contributed by atoms with Gasteiger partial charge in [-0.2, -0.15) is 0 Å². The van der Waals surface area contributed by atoms with Gasteiger partial charge in [0, 0.05) is 0 Å². The van der Waals surface area contributed by atoms with Crippen LogP contribution < -0.4 is 5.32 Å². The first kappa shape index (κ1) is 14.0. The van der Waals surface area contributed by atoms with Crippen molar-refractivity contribution in [2.24, 2.45) is 23.2 Å². The molecule has 0 aliphatic heterocycles. The molecule has 0 aromatic carbocycles. The van der Waals surface area contributed by atoms with E-state index in [2.05, 4.69) is 40.1 Å². The lowest BCUT2D eigenvalue weighted by Gasteiger charge is -2.42. The Morgan fingerprint density at radius 1 is 1.38 bits per heavy atom. The molecule has 2 unspecified atom stereocenters. The van der Waals surface area contributed by atoms with Gasteiger partial charge in [-0.05, 0) is 62.4 Å². The molecule has 0 radical (unpaired) electrons. The molecule has 16 heavy (non-hydrogen) atoms. The van der Waals surface area contributed by atoms with Gasteiger partial charge >= 0.3 is 0 Å². The fraction of sp³-hybridized carbons (Fsp3) is 1.00. The molecule has 0 saturated heterocycles. The second-order valence-electron chi connectivity index (χ2n) is 6.81. The minimum Gasteiger partial charge on any atom is -0.319 e. The van der Waals surface area contributed by atoms with Crippen LogP contribution in [0.3, 0.4) is 0 Å². The highest BCUT2D eigenvalue weighted by atomic mass is 14.8. The van der Waals surface area contributed by atoms with Gasteiger partial charge in [0.05, 0.1) is 0 Å². The van der Waals surface area contributed by atoms with Crippen LogP contribution >= 0.6 is 0 Å². The van der Waals surface area contributed by atoms with E-state index in [4.69, 9.17) is 0 Å². The van der Waals surface area contributed by atoms with Crippen molar-refractivity contribution in [2.45, 2.75) is 59.8 Å². The molecule has 1 rings (SSSR count). The predicted octanol–water partition coefficient (Wildman–Crippen LogP) is 4.08. The van der Waals surface area contributed by atoms with Gasteiger partial charge in [-0.25, -0.2) is 0 Å². The van der Waals surface area contributed by atoms with Crippen LogP contribution in [-0.2, 0) is 0 Å². The molecule has 0 aromatic heterocycles. The summed E-state index contributed by atoms with van der Waals surface area (Å²) in [5, 5.41) is 3.28. The van der Waals surface area contributed by atoms with Crippen molar-refractivity contribution >= 4 is 0 Å². The van der Waals surface area contributed by atoms with Gasteiger partial charge in [-0.3, -0.25) is 0 Å². The second-order valence-corrected chi connectivity index (χ2v) is 6.81. The lowest BCUT2D eigenvalue weighted by molar-refractivity contribution is 0.0918. The van der Waals surface area contributed by atoms with Crippen molar-refractivity contribution in [3.8, 4) is 0 Å². The highest BCUT2D eigenvalue weighted by Gasteiger charge is 2.34. The van der Waals surface area contributed by atoms with Gasteiger partial charge in [0.1, 0.15) is 0 Å². The number of hydrogen-bond acceptors (Lipinski definition) is 1. The molecule has 1 aliphatic carbocycles. The van der Waals surface area contributed by atoms with Crippen molar-refractivity contribution in [2.75, 3.05) is 13.6 Å². The summed E-state index contributed by atoms with van der Waals surface area (Å²) in [5.74, 6) is 2.74. The molecule has 1 fully saturated rings. The Hall–Kier alpha value is -0.0400. The number of nitrogens with one attached hydrogen (secondary N) is 1. The van der Waals surface area contributed by atoms with Crippen LogP contribution in [0.2, 0.25) is 0 Å². The fourth-order valence-electron chi connectivity index (χ4n) is 3.19. The molecule has 0 bridgehead atoms. The van der Waals surface area contributed by atoms with Gasteiger partial charge in [0.2, 0.25) is 0 Å². The van der Waals surface area contributed by atoms with Crippen LogP contribution in [0.1, 0.15) is 59.8 Å². The summed E-state index contributed by atoms with van der Waals surface area (Å²) in [5.41, 5.74) is 0.589. The Bertz CT molecular complexity index is 198. The normalized spacial score (nSPS) is 31.3. The third-order valence-electron chi connectivity index (χ3n) is 4.63. The Balaban J connectivity index is 2.38. The standard InChI is InChI=1S/C15H31N/c1-12-8-9-15(3,4)14(10-12)7-6-13(2)11-16-5/h12-14,16H,6-11H2,1-5H3/t12-,13?,14?/m0/s1. The van der Waals surface area contributed by atoms with Gasteiger partial charge in [0.15, 0.2) is 0 Å². The highest BCUT2D eigenvalue weighted by molar-refractivity contribution is 4.85. The number of rotatable bonds is 5. The van der Waals surface area contributed by atoms with E-state index in [0.717, 1.165) is 17.8 Å². The molecule has 0 aromatic rings. The molecule has 96 valence electrons. The highest BCUT2D eigenvalue weighted by Crippen LogP contribution is 2.45. The maximum Gasteiger partial charge on any atom is -0.00262 e. The van der Waals surface area contributed by atoms with Crippen molar-refractivity contribution in [3.63, 3.8) is 0 Å². The smallest absolute Gasteiger partial charge is 0.00262 e. The zero-order valence-electron chi connectivity index (χ0n) is 12.0. The monoisotopic (exact) mass is 225 g/mol. The molecule has 1 aliphatic rings. The van der Waals surface area contributed by atoms with Crippen molar-refractivity contribution < 1.29 is 0 Å². The largest absolute Gasteiger partial charge is 0.319 e. The van der Waals surface area contributed by atoms with Crippen LogP contribution in [0.25, 0.3) is 0 Å². The summed E-state index contributed by atoms with van der Waals surface area (Å²) in [6.07, 6.45) is 7.15. The SMILES string of the molecule is CNCC(C)CCC1C[C@@H](C)CCC1(C)C. The Labute approximate surface area is 102 Å². The van der Waals surface area contributed by atoms with Crippen LogP contribution in [0.15, 0.2) is 0 Å². The molecule has 1 heteroatoms. The van der Waals surface area contributed by atoms with E-state index >= 15 is 0 Å². The average Bonchev–Trinajstić information content (AvgIpc) is 2.20. The summed E-state index contributed by atoms with van der Waals surface area (Å²) >= 11 is 0. The zero-order chi connectivity index (χ0) is 12.2. The van der Waals surface area contributed by atoms with E-state index in [1.165, 1.54) is 38.6 Å². The fourth-order valence-corrected chi connectivity index (χ4v) is 3.19. The second kappa shape index (κ2) is 6.05. The van der Waals surface area contributed by atoms with Crippen LogP contribution in [0.5, 0.6) is 0 Å². The van der Waals surface area contributed by atoms with Crippen molar-refractivity contribution in [3.05, 3.63) is 0 Å². The first-order chi connectivity index (χ1) is 7.45.